The van der Waals surface area contributed by atoms with Crippen LogP contribution in [0.25, 0.3) is 45.3 Å². The zero-order valence-corrected chi connectivity index (χ0v) is 34.5. The van der Waals surface area contributed by atoms with E-state index in [0.29, 0.717) is 56.7 Å². The first-order valence-corrected chi connectivity index (χ1v) is 19.2. The van der Waals surface area contributed by atoms with Crippen LogP contribution in [0.1, 0.15) is 43.2 Å². The van der Waals surface area contributed by atoms with E-state index < -0.39 is 34.4 Å². The molecule has 0 unspecified atom stereocenters. The minimum absolute atomic E-state index is 0.0202. The lowest BCUT2D eigenvalue weighted by Gasteiger charge is -2.17. The highest BCUT2D eigenvalue weighted by atomic mass is 16.4. The van der Waals surface area contributed by atoms with Gasteiger partial charge in [0.2, 0.25) is 5.91 Å². The Morgan fingerprint density at radius 3 is 1.34 bits per heavy atom. The number of amides is 1. The number of rotatable bonds is 8. The van der Waals surface area contributed by atoms with Crippen LogP contribution in [-0.4, -0.2) is 54.8 Å². The molecule has 316 valence electrons. The molecule has 0 bridgehead atoms. The van der Waals surface area contributed by atoms with E-state index in [-0.39, 0.29) is 22.3 Å². The van der Waals surface area contributed by atoms with Crippen molar-refractivity contribution >= 4 is 11.9 Å². The fourth-order valence-electron chi connectivity index (χ4n) is 7.15. The first-order chi connectivity index (χ1) is 30.7. The van der Waals surface area contributed by atoms with Crippen molar-refractivity contribution in [2.75, 3.05) is 0 Å². The predicted octanol–water partition coefficient (Wildman–Crippen LogP) is 3.94. The molecule has 4 aromatic carbocycles. The number of aromatic nitrogens is 8. The van der Waals surface area contributed by atoms with Crippen LogP contribution in [0.2, 0.25) is 0 Å². The molecule has 0 spiro atoms. The maximum atomic E-state index is 13.1. The molecule has 0 aliphatic rings. The fraction of sp³-hybridized carbons (Fsp3) is 0.0870. The number of hydrogen-bond acceptors (Lipinski definition) is 10. The molecule has 18 nitrogen and oxygen atoms in total. The molecule has 0 aliphatic carbocycles. The third-order valence-electron chi connectivity index (χ3n) is 10.4. The molecule has 1 amide bonds. The summed E-state index contributed by atoms with van der Waals surface area (Å²) in [7, 11) is 2.76. The van der Waals surface area contributed by atoms with Crippen molar-refractivity contribution < 1.29 is 14.7 Å². The van der Waals surface area contributed by atoms with Crippen molar-refractivity contribution in [3.8, 4) is 57.4 Å². The lowest BCUT2D eigenvalue weighted by Crippen LogP contribution is -2.40. The first kappa shape index (κ1) is 42.7. The second-order valence-electron chi connectivity index (χ2n) is 14.2. The minimum atomic E-state index is -1.12. The van der Waals surface area contributed by atoms with Gasteiger partial charge in [-0.3, -0.25) is 32.7 Å². The molecular weight excluding hydrogens is 819 g/mol. The molecule has 0 radical (unpaired) electrons. The van der Waals surface area contributed by atoms with Crippen molar-refractivity contribution in [2.45, 2.75) is 13.8 Å². The second-order valence-corrected chi connectivity index (χ2v) is 14.2. The van der Waals surface area contributed by atoms with Crippen molar-refractivity contribution in [1.82, 2.24) is 37.8 Å². The average molecular weight is 854 g/mol. The predicted molar refractivity (Wildman–Crippen MR) is 234 cm³/mol. The summed E-state index contributed by atoms with van der Waals surface area (Å²) in [6.45, 7) is 3.28. The number of carboxylic acid groups (broad SMARTS) is 1. The van der Waals surface area contributed by atoms with E-state index in [9.17, 15) is 33.9 Å². The number of nitrogens with two attached hydrogens (primary N) is 1. The second kappa shape index (κ2) is 17.3. The number of nitriles is 2. The Balaban J connectivity index is 0.000000191. The van der Waals surface area contributed by atoms with Gasteiger partial charge < -0.3 is 10.8 Å². The monoisotopic (exact) mass is 853 g/mol. The van der Waals surface area contributed by atoms with E-state index in [0.717, 1.165) is 9.13 Å². The number of nitrogens with zero attached hydrogens (tertiary/aromatic N) is 10. The van der Waals surface area contributed by atoms with Crippen molar-refractivity contribution in [3.63, 3.8) is 0 Å². The van der Waals surface area contributed by atoms with Crippen LogP contribution >= 0.6 is 0 Å². The number of benzene rings is 4. The van der Waals surface area contributed by atoms with Crippen molar-refractivity contribution in [2.24, 2.45) is 19.8 Å². The highest BCUT2D eigenvalue weighted by Gasteiger charge is 2.23. The van der Waals surface area contributed by atoms with E-state index in [1.165, 1.54) is 53.7 Å². The summed E-state index contributed by atoms with van der Waals surface area (Å²) >= 11 is 0. The maximum Gasteiger partial charge on any atom is 0.335 e. The summed E-state index contributed by atoms with van der Waals surface area (Å²) in [6, 6.07) is 33.2. The fourth-order valence-corrected chi connectivity index (χ4v) is 7.15. The van der Waals surface area contributed by atoms with E-state index in [2.05, 4.69) is 22.3 Å². The third-order valence-corrected chi connectivity index (χ3v) is 10.4. The van der Waals surface area contributed by atoms with Crippen LogP contribution in [-0.2, 0) is 14.1 Å². The molecule has 18 heteroatoms. The van der Waals surface area contributed by atoms with Gasteiger partial charge in [-0.15, -0.1) is 0 Å². The number of hydrogen-bond donors (Lipinski definition) is 2. The van der Waals surface area contributed by atoms with Gasteiger partial charge in [0.25, 0.3) is 11.1 Å². The smallest absolute Gasteiger partial charge is 0.335 e. The van der Waals surface area contributed by atoms with Crippen LogP contribution < -0.4 is 28.2 Å². The molecule has 3 N–H and O–H groups in total. The molecular formula is C46H35N11O7. The molecule has 0 aliphatic heterocycles. The maximum absolute atomic E-state index is 13.1. The van der Waals surface area contributed by atoms with Gasteiger partial charge in [0, 0.05) is 31.0 Å². The Morgan fingerprint density at radius 2 is 0.969 bits per heavy atom. The van der Waals surface area contributed by atoms with Gasteiger partial charge in [0.15, 0.2) is 0 Å². The van der Waals surface area contributed by atoms with E-state index in [4.69, 9.17) is 16.3 Å². The average Bonchev–Trinajstić information content (AvgIpc) is 3.99. The SMILES string of the molecule is Cc1c(-c2ccnn2-c2ccc(C#N)cc2)c(=O)n(C)c(=O)n1-c1cccc(C(=O)O)c1.Cc1c(-c2ccnn2-c2ccc(C#N)cc2)c(=O)n(C)c(=O)n1-c1cccc(C(N)=O)c1. The molecule has 64 heavy (non-hydrogen) atoms. The van der Waals surface area contributed by atoms with Crippen molar-refractivity contribution in [3.05, 3.63) is 197 Å². The van der Waals surface area contributed by atoms with Gasteiger partial charge in [0.1, 0.15) is 0 Å². The Bertz CT molecular complexity index is 3270. The van der Waals surface area contributed by atoms with E-state index in [1.807, 2.05) is 0 Å². The normalized spacial score (nSPS) is 10.7. The third kappa shape index (κ3) is 7.72. The number of aromatic carboxylic acids is 1. The topological polar surface area (TPSA) is 252 Å². The standard InChI is InChI=1S/C23H18N6O3.C23H17N5O4/c1-14-20(19-10-11-26-29(19)17-8-6-15(13-24)7-9-17)22(31)27(2)23(32)28(14)18-5-3-4-16(12-18)21(25)30;1-14-20(19-10-11-25-28(19)17-8-6-15(13-24)7-9-17)21(29)26(2)23(32)27(14)18-5-3-4-16(12-18)22(30)31/h3-12H,1-2H3,(H2,25,30);3-12H,1-2H3,(H,30,31). The van der Waals surface area contributed by atoms with Gasteiger partial charge in [0.05, 0.1) is 86.5 Å². The lowest BCUT2D eigenvalue weighted by atomic mass is 10.1. The van der Waals surface area contributed by atoms with E-state index >= 15 is 0 Å². The van der Waals surface area contributed by atoms with Gasteiger partial charge in [-0.2, -0.15) is 20.7 Å². The Hall–Kier alpha value is -9.42. The van der Waals surface area contributed by atoms with Crippen LogP contribution in [0.3, 0.4) is 0 Å². The Kier molecular flexibility index (Phi) is 11.5. The Morgan fingerprint density at radius 1 is 0.578 bits per heavy atom. The summed E-state index contributed by atoms with van der Waals surface area (Å²) in [5.41, 5.74) is 8.71. The summed E-state index contributed by atoms with van der Waals surface area (Å²) in [5, 5.41) is 36.0. The Labute approximate surface area is 362 Å². The van der Waals surface area contributed by atoms with Crippen LogP contribution in [0.4, 0.5) is 0 Å². The van der Waals surface area contributed by atoms with Gasteiger partial charge >= 0.3 is 17.3 Å². The molecule has 0 saturated heterocycles. The number of carbonyl (C=O) groups is 2. The van der Waals surface area contributed by atoms with Crippen molar-refractivity contribution in [1.29, 1.82) is 10.5 Å². The van der Waals surface area contributed by atoms with Crippen LogP contribution in [0.15, 0.2) is 141 Å². The van der Waals surface area contributed by atoms with Crippen LogP contribution in [0, 0.1) is 36.5 Å². The highest BCUT2D eigenvalue weighted by molar-refractivity contribution is 5.93. The summed E-state index contributed by atoms with van der Waals surface area (Å²) in [5.74, 6) is -1.75. The summed E-state index contributed by atoms with van der Waals surface area (Å²) < 4.78 is 7.77. The van der Waals surface area contributed by atoms with Gasteiger partial charge in [-0.25, -0.2) is 23.7 Å². The molecule has 8 aromatic rings. The van der Waals surface area contributed by atoms with E-state index in [1.54, 1.807) is 114 Å². The zero-order valence-electron chi connectivity index (χ0n) is 34.5. The minimum Gasteiger partial charge on any atom is -0.478 e. The lowest BCUT2D eigenvalue weighted by molar-refractivity contribution is 0.0696. The molecule has 0 fully saturated rings. The summed E-state index contributed by atoms with van der Waals surface area (Å²) in [6.07, 6.45) is 3.09. The first-order valence-electron chi connectivity index (χ1n) is 19.2. The zero-order chi connectivity index (χ0) is 46.0. The van der Waals surface area contributed by atoms with Crippen LogP contribution in [0.5, 0.6) is 0 Å². The quantitative estimate of drug-likeness (QED) is 0.222. The molecule has 0 atom stereocenters. The van der Waals surface area contributed by atoms with Gasteiger partial charge in [-0.1, -0.05) is 12.1 Å². The largest absolute Gasteiger partial charge is 0.478 e. The number of primary amides is 1. The van der Waals surface area contributed by atoms with Gasteiger partial charge in [-0.05, 0) is 111 Å². The summed E-state index contributed by atoms with van der Waals surface area (Å²) in [4.78, 5) is 75.3. The molecule has 4 heterocycles. The number of carbonyl (C=O) groups excluding carboxylic acids is 1. The highest BCUT2D eigenvalue weighted by Crippen LogP contribution is 2.26. The molecule has 0 saturated carbocycles. The molecule has 8 rings (SSSR count). The molecule has 4 aromatic heterocycles. The number of carboxylic acids is 1.